The van der Waals surface area contributed by atoms with Crippen molar-refractivity contribution in [1.29, 1.82) is 0 Å². The van der Waals surface area contributed by atoms with Gasteiger partial charge in [0.1, 0.15) is 11.6 Å². The Bertz CT molecular complexity index is 1040. The quantitative estimate of drug-likeness (QED) is 0.820. The first-order valence-electron chi connectivity index (χ1n) is 10.8. The van der Waals surface area contributed by atoms with Crippen molar-refractivity contribution in [3.63, 3.8) is 0 Å². The van der Waals surface area contributed by atoms with Gasteiger partial charge in [-0.25, -0.2) is 13.8 Å². The number of hydrazone groups is 1. The second-order valence-corrected chi connectivity index (χ2v) is 9.01. The number of fused-ring (bicyclic) bond motifs is 2. The summed E-state index contributed by atoms with van der Waals surface area (Å²) in [5, 5.41) is 9.56. The zero-order chi connectivity index (χ0) is 21.8. The van der Waals surface area contributed by atoms with Gasteiger partial charge < -0.3 is 5.32 Å². The maximum atomic E-state index is 14.5. The Balaban J connectivity index is 1.52. The van der Waals surface area contributed by atoms with Crippen molar-refractivity contribution in [2.24, 2.45) is 5.10 Å². The van der Waals surface area contributed by atoms with Gasteiger partial charge in [-0.1, -0.05) is 30.3 Å². The van der Waals surface area contributed by atoms with Gasteiger partial charge >= 0.3 is 0 Å². The zero-order valence-corrected chi connectivity index (χ0v) is 17.7. The fraction of sp³-hybridized carbons (Fsp3) is 0.417. The number of nitrogens with one attached hydrogen (secondary N) is 1. The number of halogens is 2. The molecule has 0 spiro atoms. The second-order valence-electron chi connectivity index (χ2n) is 9.01. The molecule has 3 aliphatic heterocycles. The van der Waals surface area contributed by atoms with Crippen LogP contribution in [0.1, 0.15) is 37.8 Å². The van der Waals surface area contributed by atoms with Crippen molar-refractivity contribution in [1.82, 2.24) is 15.2 Å². The van der Waals surface area contributed by atoms with Crippen LogP contribution in [0.5, 0.6) is 0 Å². The average Bonchev–Trinajstić information content (AvgIpc) is 3.50. The summed E-state index contributed by atoms with van der Waals surface area (Å²) < 4.78 is 28.4. The lowest BCUT2D eigenvalue weighted by Crippen LogP contribution is -2.55. The van der Waals surface area contributed by atoms with Gasteiger partial charge in [0.2, 0.25) is 0 Å². The van der Waals surface area contributed by atoms with Crippen LogP contribution in [0.2, 0.25) is 0 Å². The van der Waals surface area contributed by atoms with Crippen LogP contribution < -0.4 is 5.32 Å². The predicted octanol–water partition coefficient (Wildman–Crippen LogP) is 3.25. The number of hydrogen-bond donors (Lipinski definition) is 1. The van der Waals surface area contributed by atoms with Crippen LogP contribution in [0, 0.1) is 11.6 Å². The molecule has 0 radical (unpaired) electrons. The third kappa shape index (κ3) is 3.36. The Hall–Kier alpha value is -2.64. The fourth-order valence-corrected chi connectivity index (χ4v) is 5.24. The molecule has 2 fully saturated rings. The molecule has 3 aliphatic rings. The molecule has 0 aliphatic carbocycles. The van der Waals surface area contributed by atoms with E-state index in [1.165, 1.54) is 5.01 Å². The van der Waals surface area contributed by atoms with Crippen molar-refractivity contribution < 1.29 is 13.6 Å². The van der Waals surface area contributed by atoms with Crippen LogP contribution >= 0.6 is 0 Å². The van der Waals surface area contributed by atoms with Crippen LogP contribution in [-0.4, -0.2) is 52.7 Å². The Labute approximate surface area is 180 Å². The Morgan fingerprint density at radius 3 is 2.68 bits per heavy atom. The number of piperazine rings is 1. The molecule has 5 rings (SSSR count). The summed E-state index contributed by atoms with van der Waals surface area (Å²) in [6.07, 6.45) is 1.36. The zero-order valence-electron chi connectivity index (χ0n) is 17.7. The van der Waals surface area contributed by atoms with Crippen LogP contribution in [0.15, 0.2) is 53.6 Å². The summed E-state index contributed by atoms with van der Waals surface area (Å²) in [7, 11) is 0. The topological polar surface area (TPSA) is 47.9 Å². The van der Waals surface area contributed by atoms with Crippen LogP contribution in [0.25, 0.3) is 0 Å². The molecule has 0 saturated carbocycles. The minimum absolute atomic E-state index is 0.106. The molecule has 162 valence electrons. The molecule has 2 aromatic rings. The van der Waals surface area contributed by atoms with Crippen molar-refractivity contribution in [2.45, 2.75) is 50.4 Å². The van der Waals surface area contributed by atoms with Gasteiger partial charge in [-0.05, 0) is 44.0 Å². The minimum atomic E-state index is -0.780. The molecule has 2 bridgehead atoms. The molecule has 7 heteroatoms. The van der Waals surface area contributed by atoms with Crippen LogP contribution in [-0.2, 0) is 10.3 Å². The van der Waals surface area contributed by atoms with Gasteiger partial charge in [0.25, 0.3) is 5.91 Å². The lowest BCUT2D eigenvalue weighted by Gasteiger charge is -2.38. The molecule has 1 amide bonds. The van der Waals surface area contributed by atoms with E-state index in [4.69, 9.17) is 0 Å². The number of carbonyl (C=O) groups excluding carboxylic acids is 1. The van der Waals surface area contributed by atoms with E-state index in [1.807, 2.05) is 44.2 Å². The molecule has 2 saturated heterocycles. The van der Waals surface area contributed by atoms with E-state index < -0.39 is 17.2 Å². The van der Waals surface area contributed by atoms with Crippen molar-refractivity contribution in [3.8, 4) is 0 Å². The molecular formula is C24H26F2N4O. The minimum Gasteiger partial charge on any atom is -0.311 e. The molecule has 1 N–H and O–H groups in total. The lowest BCUT2D eigenvalue weighted by molar-refractivity contribution is -0.142. The Kier molecular flexibility index (Phi) is 4.90. The van der Waals surface area contributed by atoms with E-state index in [-0.39, 0.29) is 17.5 Å². The molecule has 0 aromatic heterocycles. The lowest BCUT2D eigenvalue weighted by atomic mass is 9.85. The molecule has 3 heterocycles. The third-order valence-electron chi connectivity index (χ3n) is 7.00. The normalized spacial score (nSPS) is 28.8. The maximum absolute atomic E-state index is 14.5. The summed E-state index contributed by atoms with van der Waals surface area (Å²) in [5.74, 6) is -1.19. The number of likely N-dealkylation sites (tertiary alicyclic amines) is 1. The third-order valence-corrected chi connectivity index (χ3v) is 7.00. The van der Waals surface area contributed by atoms with Crippen LogP contribution in [0.4, 0.5) is 8.78 Å². The second kappa shape index (κ2) is 7.50. The molecular weight excluding hydrogens is 398 g/mol. The van der Waals surface area contributed by atoms with E-state index in [0.29, 0.717) is 24.2 Å². The Morgan fingerprint density at radius 1 is 1.23 bits per heavy atom. The summed E-state index contributed by atoms with van der Waals surface area (Å²) in [6.45, 7) is 5.59. The molecule has 5 nitrogen and oxygen atoms in total. The highest BCUT2D eigenvalue weighted by Gasteiger charge is 2.48. The van der Waals surface area contributed by atoms with E-state index >= 15 is 0 Å². The van der Waals surface area contributed by atoms with E-state index in [2.05, 4.69) is 15.3 Å². The Morgan fingerprint density at radius 2 is 2.00 bits per heavy atom. The van der Waals surface area contributed by atoms with Gasteiger partial charge in [0.05, 0.1) is 17.3 Å². The van der Waals surface area contributed by atoms with Gasteiger partial charge in [0.15, 0.2) is 0 Å². The number of nitrogens with zero attached hydrogens (tertiary/aromatic N) is 3. The molecule has 4 atom stereocenters. The molecule has 31 heavy (non-hydrogen) atoms. The first-order valence-corrected chi connectivity index (χ1v) is 10.8. The standard InChI is InChI=1S/C24H26F2N4O/c1-15(29-14-18-11-19(29)13-27-18)23(31)30-24(2,16-6-4-3-5-7-16)12-22(28-30)20-10-17(25)8-9-21(20)26/h3-10,15,18-19,27H,11-14H2,1-2H3. The van der Waals surface area contributed by atoms with Gasteiger partial charge in [0, 0.05) is 37.2 Å². The molecule has 4 unspecified atom stereocenters. The van der Waals surface area contributed by atoms with Gasteiger partial charge in [-0.15, -0.1) is 0 Å². The summed E-state index contributed by atoms with van der Waals surface area (Å²) in [5.41, 5.74) is 0.622. The fourth-order valence-electron chi connectivity index (χ4n) is 5.24. The number of amides is 1. The van der Waals surface area contributed by atoms with Crippen molar-refractivity contribution in [3.05, 3.63) is 71.3 Å². The van der Waals surface area contributed by atoms with Crippen LogP contribution in [0.3, 0.4) is 0 Å². The number of rotatable bonds is 4. The largest absolute Gasteiger partial charge is 0.311 e. The number of benzene rings is 2. The van der Waals surface area contributed by atoms with Crippen molar-refractivity contribution in [2.75, 3.05) is 13.1 Å². The maximum Gasteiger partial charge on any atom is 0.260 e. The highest BCUT2D eigenvalue weighted by atomic mass is 19.1. The average molecular weight is 424 g/mol. The smallest absolute Gasteiger partial charge is 0.260 e. The van der Waals surface area contributed by atoms with Crippen molar-refractivity contribution >= 4 is 11.6 Å². The monoisotopic (exact) mass is 424 g/mol. The number of carbonyl (C=O) groups is 1. The van der Waals surface area contributed by atoms with E-state index in [9.17, 15) is 13.6 Å². The summed E-state index contributed by atoms with van der Waals surface area (Å²) in [4.78, 5) is 16.0. The van der Waals surface area contributed by atoms with Gasteiger partial charge in [-0.3, -0.25) is 9.69 Å². The summed E-state index contributed by atoms with van der Waals surface area (Å²) >= 11 is 0. The first kappa shape index (κ1) is 20.3. The highest BCUT2D eigenvalue weighted by molar-refractivity contribution is 6.04. The number of hydrogen-bond acceptors (Lipinski definition) is 4. The first-order chi connectivity index (χ1) is 14.9. The SMILES string of the molecule is CC(C(=O)N1N=C(c2cc(F)ccc2F)CC1(C)c1ccccc1)N1CC2CC1CN2. The highest BCUT2D eigenvalue weighted by Crippen LogP contribution is 2.40. The molecule has 2 aromatic carbocycles. The van der Waals surface area contributed by atoms with Gasteiger partial charge in [-0.2, -0.15) is 5.10 Å². The van der Waals surface area contributed by atoms with E-state index in [1.54, 1.807) is 0 Å². The van der Waals surface area contributed by atoms with E-state index in [0.717, 1.165) is 43.3 Å². The summed E-state index contributed by atoms with van der Waals surface area (Å²) in [6, 6.07) is 13.4. The predicted molar refractivity (Wildman–Crippen MR) is 115 cm³/mol.